The van der Waals surface area contributed by atoms with Crippen LogP contribution < -0.4 is 10.1 Å². The average Bonchev–Trinajstić information content (AvgIpc) is 2.37. The Morgan fingerprint density at radius 2 is 2.00 bits per heavy atom. The zero-order valence-electron chi connectivity index (χ0n) is 11.2. The Morgan fingerprint density at radius 3 is 2.56 bits per heavy atom. The van der Waals surface area contributed by atoms with Crippen molar-refractivity contribution in [3.05, 3.63) is 29.8 Å². The fourth-order valence-corrected chi connectivity index (χ4v) is 1.62. The Morgan fingerprint density at radius 1 is 1.33 bits per heavy atom. The number of ether oxygens (including phenoxy) is 2. The molecule has 1 N–H and O–H groups in total. The van der Waals surface area contributed by atoms with Crippen molar-refractivity contribution in [3.8, 4) is 5.75 Å². The van der Waals surface area contributed by atoms with Gasteiger partial charge >= 0.3 is 5.97 Å². The highest BCUT2D eigenvalue weighted by atomic mass is 16.5. The first-order valence-electron chi connectivity index (χ1n) is 6.17. The van der Waals surface area contributed by atoms with Crippen LogP contribution in [0.2, 0.25) is 0 Å². The maximum absolute atomic E-state index is 11.5. The number of hydrogen-bond donors (Lipinski definition) is 1. The zero-order chi connectivity index (χ0) is 13.4. The summed E-state index contributed by atoms with van der Waals surface area (Å²) in [5, 5.41) is 3.17. The lowest BCUT2D eigenvalue weighted by molar-refractivity contribution is -0.145. The molecule has 1 aromatic rings. The standard InChI is InChI=1S/C14H21NO3/c1-4-15-11(2)9-14(16)18-10-12-5-7-13(17-3)8-6-12/h5-8,11,15H,4,9-10H2,1-3H3. The van der Waals surface area contributed by atoms with Crippen LogP contribution in [0.25, 0.3) is 0 Å². The third-order valence-corrected chi connectivity index (χ3v) is 2.58. The Balaban J connectivity index is 2.33. The number of rotatable bonds is 7. The van der Waals surface area contributed by atoms with E-state index in [-0.39, 0.29) is 12.0 Å². The van der Waals surface area contributed by atoms with Crippen LogP contribution in [0.1, 0.15) is 25.8 Å². The van der Waals surface area contributed by atoms with Crippen LogP contribution in [0, 0.1) is 0 Å². The van der Waals surface area contributed by atoms with E-state index in [0.717, 1.165) is 17.9 Å². The van der Waals surface area contributed by atoms with Crippen LogP contribution in [0.5, 0.6) is 5.75 Å². The fraction of sp³-hybridized carbons (Fsp3) is 0.500. The fourth-order valence-electron chi connectivity index (χ4n) is 1.62. The van der Waals surface area contributed by atoms with E-state index in [9.17, 15) is 4.79 Å². The van der Waals surface area contributed by atoms with Crippen molar-refractivity contribution in [2.45, 2.75) is 32.9 Å². The lowest BCUT2D eigenvalue weighted by atomic mass is 10.2. The van der Waals surface area contributed by atoms with Gasteiger partial charge in [-0.05, 0) is 31.2 Å². The van der Waals surface area contributed by atoms with Crippen LogP contribution in [0.15, 0.2) is 24.3 Å². The van der Waals surface area contributed by atoms with E-state index < -0.39 is 0 Å². The van der Waals surface area contributed by atoms with Gasteiger partial charge < -0.3 is 14.8 Å². The van der Waals surface area contributed by atoms with E-state index in [0.29, 0.717) is 13.0 Å². The van der Waals surface area contributed by atoms with Crippen LogP contribution in [-0.4, -0.2) is 25.7 Å². The largest absolute Gasteiger partial charge is 0.497 e. The first kappa shape index (κ1) is 14.5. The summed E-state index contributed by atoms with van der Waals surface area (Å²) in [5.41, 5.74) is 0.959. The Labute approximate surface area is 108 Å². The minimum Gasteiger partial charge on any atom is -0.497 e. The maximum atomic E-state index is 11.5. The molecular formula is C14H21NO3. The maximum Gasteiger partial charge on any atom is 0.307 e. The van der Waals surface area contributed by atoms with Crippen molar-refractivity contribution in [1.29, 1.82) is 0 Å². The number of hydrogen-bond acceptors (Lipinski definition) is 4. The van der Waals surface area contributed by atoms with Crippen molar-refractivity contribution >= 4 is 5.97 Å². The third kappa shape index (κ3) is 5.19. The molecule has 18 heavy (non-hydrogen) atoms. The quantitative estimate of drug-likeness (QED) is 0.754. The number of methoxy groups -OCH3 is 1. The number of carbonyl (C=O) groups excluding carboxylic acids is 1. The van der Waals surface area contributed by atoms with E-state index >= 15 is 0 Å². The summed E-state index contributed by atoms with van der Waals surface area (Å²) in [7, 11) is 1.62. The second-order valence-corrected chi connectivity index (χ2v) is 4.17. The van der Waals surface area contributed by atoms with Gasteiger partial charge in [0.05, 0.1) is 13.5 Å². The van der Waals surface area contributed by atoms with Crippen LogP contribution in [0.3, 0.4) is 0 Å². The Hall–Kier alpha value is -1.55. The predicted octanol–water partition coefficient (Wildman–Crippen LogP) is 2.13. The van der Waals surface area contributed by atoms with Crippen molar-refractivity contribution in [2.75, 3.05) is 13.7 Å². The van der Waals surface area contributed by atoms with Crippen LogP contribution >= 0.6 is 0 Å². The number of nitrogens with one attached hydrogen (secondary N) is 1. The van der Waals surface area contributed by atoms with Gasteiger partial charge in [-0.1, -0.05) is 19.1 Å². The molecule has 0 saturated carbocycles. The summed E-state index contributed by atoms with van der Waals surface area (Å²) in [5.74, 6) is 0.616. The molecule has 0 aliphatic rings. The van der Waals surface area contributed by atoms with E-state index in [4.69, 9.17) is 9.47 Å². The van der Waals surface area contributed by atoms with Gasteiger partial charge in [0.2, 0.25) is 0 Å². The SMILES string of the molecule is CCNC(C)CC(=O)OCc1ccc(OC)cc1. The van der Waals surface area contributed by atoms with E-state index in [1.165, 1.54) is 0 Å². The van der Waals surface area contributed by atoms with E-state index in [2.05, 4.69) is 5.32 Å². The summed E-state index contributed by atoms with van der Waals surface area (Å²) >= 11 is 0. The molecule has 0 amide bonds. The molecule has 0 saturated heterocycles. The van der Waals surface area contributed by atoms with Gasteiger partial charge in [-0.3, -0.25) is 4.79 Å². The number of carbonyl (C=O) groups is 1. The Kier molecular flexibility index (Phi) is 6.22. The molecule has 0 aliphatic heterocycles. The van der Waals surface area contributed by atoms with Crippen molar-refractivity contribution in [2.24, 2.45) is 0 Å². The van der Waals surface area contributed by atoms with Crippen molar-refractivity contribution < 1.29 is 14.3 Å². The summed E-state index contributed by atoms with van der Waals surface area (Å²) in [6.07, 6.45) is 0.393. The van der Waals surface area contributed by atoms with Gasteiger partial charge in [0.25, 0.3) is 0 Å². The van der Waals surface area contributed by atoms with E-state index in [1.807, 2.05) is 38.1 Å². The minimum absolute atomic E-state index is 0.151. The molecule has 0 fully saturated rings. The van der Waals surface area contributed by atoms with Gasteiger partial charge in [-0.2, -0.15) is 0 Å². The highest BCUT2D eigenvalue weighted by molar-refractivity contribution is 5.70. The molecule has 0 spiro atoms. The highest BCUT2D eigenvalue weighted by Gasteiger charge is 2.09. The lowest BCUT2D eigenvalue weighted by Crippen LogP contribution is -2.28. The summed E-state index contributed by atoms with van der Waals surface area (Å²) < 4.78 is 10.3. The first-order chi connectivity index (χ1) is 8.65. The van der Waals surface area contributed by atoms with Gasteiger partial charge in [-0.25, -0.2) is 0 Å². The molecule has 0 bridgehead atoms. The summed E-state index contributed by atoms with van der Waals surface area (Å²) in [6.45, 7) is 5.14. The monoisotopic (exact) mass is 251 g/mol. The molecular weight excluding hydrogens is 230 g/mol. The second-order valence-electron chi connectivity index (χ2n) is 4.17. The van der Waals surface area contributed by atoms with Gasteiger partial charge in [0.1, 0.15) is 12.4 Å². The highest BCUT2D eigenvalue weighted by Crippen LogP contribution is 2.12. The molecule has 0 radical (unpaired) electrons. The molecule has 0 heterocycles. The predicted molar refractivity (Wildman–Crippen MR) is 70.5 cm³/mol. The minimum atomic E-state index is -0.181. The molecule has 1 atom stereocenters. The van der Waals surface area contributed by atoms with Crippen LogP contribution in [-0.2, 0) is 16.1 Å². The Bertz CT molecular complexity index is 362. The van der Waals surface area contributed by atoms with E-state index in [1.54, 1.807) is 7.11 Å². The second kappa shape index (κ2) is 7.71. The number of benzene rings is 1. The molecule has 1 rings (SSSR count). The molecule has 1 aromatic carbocycles. The molecule has 4 nitrogen and oxygen atoms in total. The zero-order valence-corrected chi connectivity index (χ0v) is 11.2. The van der Waals surface area contributed by atoms with Gasteiger partial charge in [0.15, 0.2) is 0 Å². The van der Waals surface area contributed by atoms with Gasteiger partial charge in [0, 0.05) is 6.04 Å². The normalized spacial score (nSPS) is 11.9. The third-order valence-electron chi connectivity index (χ3n) is 2.58. The topological polar surface area (TPSA) is 47.6 Å². The number of esters is 1. The van der Waals surface area contributed by atoms with Crippen LogP contribution in [0.4, 0.5) is 0 Å². The average molecular weight is 251 g/mol. The lowest BCUT2D eigenvalue weighted by Gasteiger charge is -2.11. The molecule has 100 valence electrons. The van der Waals surface area contributed by atoms with Gasteiger partial charge in [-0.15, -0.1) is 0 Å². The van der Waals surface area contributed by atoms with Crippen molar-refractivity contribution in [1.82, 2.24) is 5.32 Å². The smallest absolute Gasteiger partial charge is 0.307 e. The molecule has 1 unspecified atom stereocenters. The molecule has 4 heteroatoms. The molecule has 0 aromatic heterocycles. The summed E-state index contributed by atoms with van der Waals surface area (Å²) in [6, 6.07) is 7.63. The van der Waals surface area contributed by atoms with Crippen molar-refractivity contribution in [3.63, 3.8) is 0 Å². The molecule has 0 aliphatic carbocycles. The summed E-state index contributed by atoms with van der Waals surface area (Å²) in [4.78, 5) is 11.5. The first-order valence-corrected chi connectivity index (χ1v) is 6.17.